The van der Waals surface area contributed by atoms with E-state index in [1.165, 1.54) is 11.4 Å². The summed E-state index contributed by atoms with van der Waals surface area (Å²) in [6.07, 6.45) is 0. The maximum Gasteiger partial charge on any atom is 0.255 e. The molecule has 0 aliphatic carbocycles. The minimum atomic E-state index is -3.72. The van der Waals surface area contributed by atoms with Gasteiger partial charge in [0.1, 0.15) is 11.5 Å². The van der Waals surface area contributed by atoms with Crippen LogP contribution < -0.4 is 14.8 Å². The van der Waals surface area contributed by atoms with Crippen LogP contribution in [0.15, 0.2) is 71.6 Å². The van der Waals surface area contributed by atoms with Crippen LogP contribution in [0, 0.1) is 6.92 Å². The Hall–Kier alpha value is -3.36. The fourth-order valence-electron chi connectivity index (χ4n) is 3.40. The number of nitrogens with one attached hydrogen (secondary N) is 1. The molecule has 180 valence electrons. The highest BCUT2D eigenvalue weighted by Gasteiger charge is 2.23. The van der Waals surface area contributed by atoms with Crippen LogP contribution in [0.5, 0.6) is 11.5 Å². The Balaban J connectivity index is 1.87. The van der Waals surface area contributed by atoms with Crippen LogP contribution in [0.2, 0.25) is 0 Å². The third-order valence-electron chi connectivity index (χ3n) is 5.18. The van der Waals surface area contributed by atoms with Crippen molar-refractivity contribution in [3.05, 3.63) is 83.4 Å². The molecule has 3 aromatic rings. The van der Waals surface area contributed by atoms with Gasteiger partial charge in [0, 0.05) is 24.7 Å². The van der Waals surface area contributed by atoms with Gasteiger partial charge in [-0.3, -0.25) is 4.79 Å². The zero-order valence-electron chi connectivity index (χ0n) is 19.9. The van der Waals surface area contributed by atoms with Crippen molar-refractivity contribution < 1.29 is 22.7 Å². The molecule has 0 atom stereocenters. The number of nitrogens with zero attached hydrogens (tertiary/aromatic N) is 1. The van der Waals surface area contributed by atoms with E-state index in [2.05, 4.69) is 5.32 Å². The lowest BCUT2D eigenvalue weighted by Crippen LogP contribution is -2.27. The van der Waals surface area contributed by atoms with Crippen molar-refractivity contribution in [1.82, 2.24) is 4.31 Å². The second-order valence-electron chi connectivity index (χ2n) is 7.71. The van der Waals surface area contributed by atoms with Gasteiger partial charge in [-0.1, -0.05) is 29.8 Å². The molecule has 0 saturated heterocycles. The highest BCUT2D eigenvalue weighted by Crippen LogP contribution is 2.27. The standard InChI is InChI=1S/C26H30N2O5S/c1-5-32-24-16-13-20(26(29)27-23-9-7-8-10-25(23)33-6-2)17-21(24)18-28(4)34(30,31)22-14-11-19(3)12-15-22/h7-17H,5-6,18H2,1-4H3,(H,27,29). The third kappa shape index (κ3) is 5.95. The summed E-state index contributed by atoms with van der Waals surface area (Å²) in [4.78, 5) is 13.2. The number of aryl methyl sites for hydroxylation is 1. The number of carbonyl (C=O) groups is 1. The van der Waals surface area contributed by atoms with Gasteiger partial charge in [-0.25, -0.2) is 8.42 Å². The van der Waals surface area contributed by atoms with Crippen molar-refractivity contribution >= 4 is 21.6 Å². The molecule has 0 bridgehead atoms. The highest BCUT2D eigenvalue weighted by atomic mass is 32.2. The molecule has 1 amide bonds. The van der Waals surface area contributed by atoms with Crippen molar-refractivity contribution in [3.63, 3.8) is 0 Å². The van der Waals surface area contributed by atoms with E-state index in [4.69, 9.17) is 9.47 Å². The van der Waals surface area contributed by atoms with Crippen molar-refractivity contribution in [1.29, 1.82) is 0 Å². The zero-order valence-corrected chi connectivity index (χ0v) is 20.7. The summed E-state index contributed by atoms with van der Waals surface area (Å²) in [5.41, 5.74) is 2.50. The van der Waals surface area contributed by atoms with Gasteiger partial charge < -0.3 is 14.8 Å². The monoisotopic (exact) mass is 482 g/mol. The number of ether oxygens (including phenoxy) is 2. The van der Waals surface area contributed by atoms with Crippen molar-refractivity contribution in [2.45, 2.75) is 32.2 Å². The second-order valence-corrected chi connectivity index (χ2v) is 9.76. The molecule has 1 N–H and O–H groups in total. The SMILES string of the molecule is CCOc1ccc(C(=O)Nc2ccccc2OCC)cc1CN(C)S(=O)(=O)c1ccc(C)cc1. The highest BCUT2D eigenvalue weighted by molar-refractivity contribution is 7.89. The first-order valence-corrected chi connectivity index (χ1v) is 12.5. The minimum Gasteiger partial charge on any atom is -0.494 e. The van der Waals surface area contributed by atoms with Crippen LogP contribution in [0.4, 0.5) is 5.69 Å². The van der Waals surface area contributed by atoms with E-state index >= 15 is 0 Å². The van der Waals surface area contributed by atoms with E-state index in [1.54, 1.807) is 54.6 Å². The Morgan fingerprint density at radius 3 is 2.24 bits per heavy atom. The summed E-state index contributed by atoms with van der Waals surface area (Å²) >= 11 is 0. The van der Waals surface area contributed by atoms with Crippen LogP contribution in [-0.2, 0) is 16.6 Å². The van der Waals surface area contributed by atoms with Crippen molar-refractivity contribution in [2.24, 2.45) is 0 Å². The number of sulfonamides is 1. The summed E-state index contributed by atoms with van der Waals surface area (Å²) in [7, 11) is -2.21. The second kappa shape index (κ2) is 11.2. The molecule has 0 aliphatic heterocycles. The molecule has 3 aromatic carbocycles. The van der Waals surface area contributed by atoms with E-state index in [0.29, 0.717) is 41.5 Å². The fraction of sp³-hybridized carbons (Fsp3) is 0.269. The number of hydrogen-bond acceptors (Lipinski definition) is 5. The lowest BCUT2D eigenvalue weighted by atomic mass is 10.1. The smallest absolute Gasteiger partial charge is 0.255 e. The molecule has 0 unspecified atom stereocenters. The van der Waals surface area contributed by atoms with Gasteiger partial charge in [0.05, 0.1) is 23.8 Å². The Bertz CT molecular complexity index is 1240. The molecular weight excluding hydrogens is 452 g/mol. The summed E-state index contributed by atoms with van der Waals surface area (Å²) in [5.74, 6) is 0.772. The first kappa shape index (κ1) is 25.3. The zero-order chi connectivity index (χ0) is 24.7. The van der Waals surface area contributed by atoms with Gasteiger partial charge in [-0.05, 0) is 63.2 Å². The molecule has 0 aliphatic rings. The van der Waals surface area contributed by atoms with E-state index in [-0.39, 0.29) is 17.3 Å². The molecule has 0 spiro atoms. The van der Waals surface area contributed by atoms with Gasteiger partial charge >= 0.3 is 0 Å². The Morgan fingerprint density at radius 1 is 0.912 bits per heavy atom. The minimum absolute atomic E-state index is 0.0438. The number of para-hydroxylation sites is 2. The van der Waals surface area contributed by atoms with Crippen LogP contribution in [0.3, 0.4) is 0 Å². The first-order valence-electron chi connectivity index (χ1n) is 11.1. The maximum absolute atomic E-state index is 13.1. The summed E-state index contributed by atoms with van der Waals surface area (Å²) in [6.45, 7) is 6.55. The van der Waals surface area contributed by atoms with E-state index in [9.17, 15) is 13.2 Å². The summed E-state index contributed by atoms with van der Waals surface area (Å²) in [5, 5.41) is 2.87. The maximum atomic E-state index is 13.1. The van der Waals surface area contributed by atoms with Crippen molar-refractivity contribution in [3.8, 4) is 11.5 Å². The molecule has 34 heavy (non-hydrogen) atoms. The molecule has 3 rings (SSSR count). The van der Waals surface area contributed by atoms with Gasteiger partial charge in [-0.15, -0.1) is 0 Å². The first-order chi connectivity index (χ1) is 16.3. The largest absolute Gasteiger partial charge is 0.494 e. The number of rotatable bonds is 10. The van der Waals surface area contributed by atoms with Gasteiger partial charge in [0.2, 0.25) is 10.0 Å². The average Bonchev–Trinajstić information content (AvgIpc) is 2.82. The fourth-order valence-corrected chi connectivity index (χ4v) is 4.55. The predicted molar refractivity (Wildman–Crippen MR) is 133 cm³/mol. The molecule has 0 saturated carbocycles. The molecular formula is C26H30N2O5S. The Labute approximate surface area is 201 Å². The van der Waals surface area contributed by atoms with Crippen LogP contribution in [0.25, 0.3) is 0 Å². The topological polar surface area (TPSA) is 84.9 Å². The molecule has 0 radical (unpaired) electrons. The molecule has 0 aromatic heterocycles. The summed E-state index contributed by atoms with van der Waals surface area (Å²) in [6, 6.07) is 18.9. The number of carbonyl (C=O) groups excluding carboxylic acids is 1. The number of amides is 1. The van der Waals surface area contributed by atoms with E-state index in [0.717, 1.165) is 5.56 Å². The predicted octanol–water partition coefficient (Wildman–Crippen LogP) is 4.87. The summed E-state index contributed by atoms with van der Waals surface area (Å²) < 4.78 is 38.7. The van der Waals surface area contributed by atoms with Gasteiger partial charge in [0.25, 0.3) is 5.91 Å². The number of benzene rings is 3. The van der Waals surface area contributed by atoms with Crippen LogP contribution in [0.1, 0.15) is 35.3 Å². The van der Waals surface area contributed by atoms with Gasteiger partial charge in [-0.2, -0.15) is 4.31 Å². The van der Waals surface area contributed by atoms with Gasteiger partial charge in [0.15, 0.2) is 0 Å². The lowest BCUT2D eigenvalue weighted by molar-refractivity contribution is 0.102. The van der Waals surface area contributed by atoms with Crippen LogP contribution in [-0.4, -0.2) is 38.9 Å². The average molecular weight is 483 g/mol. The molecule has 0 heterocycles. The van der Waals surface area contributed by atoms with Crippen LogP contribution >= 0.6 is 0 Å². The molecule has 8 heteroatoms. The van der Waals surface area contributed by atoms with Crippen molar-refractivity contribution in [2.75, 3.05) is 25.6 Å². The van der Waals surface area contributed by atoms with E-state index in [1.807, 2.05) is 32.9 Å². The Morgan fingerprint density at radius 2 is 1.56 bits per heavy atom. The number of hydrogen-bond donors (Lipinski definition) is 1. The lowest BCUT2D eigenvalue weighted by Gasteiger charge is -2.20. The normalized spacial score (nSPS) is 11.3. The quantitative estimate of drug-likeness (QED) is 0.446. The van der Waals surface area contributed by atoms with E-state index < -0.39 is 10.0 Å². The third-order valence-corrected chi connectivity index (χ3v) is 7.00. The Kier molecular flexibility index (Phi) is 8.31. The number of anilines is 1. The molecule has 0 fully saturated rings. The molecule has 7 nitrogen and oxygen atoms in total.